The summed E-state index contributed by atoms with van der Waals surface area (Å²) in [6.45, 7) is 3.51. The minimum atomic E-state index is -5.37. The van der Waals surface area contributed by atoms with Crippen LogP contribution in [0.4, 0.5) is 17.6 Å². The quantitative estimate of drug-likeness (QED) is 0.247. The van der Waals surface area contributed by atoms with Crippen molar-refractivity contribution in [1.82, 2.24) is 0 Å². The molecule has 0 aromatic carbocycles. The maximum Gasteiger partial charge on any atom is 0.478 e. The fraction of sp³-hybridized carbons (Fsp3) is 0.833. The van der Waals surface area contributed by atoms with Crippen molar-refractivity contribution in [1.29, 1.82) is 0 Å². The van der Waals surface area contributed by atoms with E-state index in [9.17, 15) is 31.9 Å². The van der Waals surface area contributed by atoms with Crippen molar-refractivity contribution < 1.29 is 46.2 Å². The molecule has 1 aliphatic carbocycles. The van der Waals surface area contributed by atoms with E-state index in [4.69, 9.17) is 4.74 Å². The molecular weight excluding hydrogens is 388 g/mol. The Balaban J connectivity index is 2.55. The summed E-state index contributed by atoms with van der Waals surface area (Å²) in [7, 11) is 0. The summed E-state index contributed by atoms with van der Waals surface area (Å²) in [5.74, 6) is -10.9. The number of ether oxygens (including phenoxy) is 3. The monoisotopic (exact) mass is 414 g/mol. The van der Waals surface area contributed by atoms with Crippen LogP contribution < -0.4 is 0 Å². The molecule has 0 aromatic rings. The molecule has 0 aromatic heterocycles. The van der Waals surface area contributed by atoms with Gasteiger partial charge in [0.05, 0.1) is 11.3 Å². The van der Waals surface area contributed by atoms with Crippen molar-refractivity contribution in [2.45, 2.75) is 71.3 Å². The van der Waals surface area contributed by atoms with Gasteiger partial charge in [0.1, 0.15) is 13.2 Å². The Kier molecular flexibility index (Phi) is 8.25. The minimum Gasteiger partial charge on any atom is -0.462 e. The molecule has 1 aliphatic rings. The van der Waals surface area contributed by atoms with Gasteiger partial charge in [0.2, 0.25) is 0 Å². The summed E-state index contributed by atoms with van der Waals surface area (Å²) in [5.41, 5.74) is -0.825. The number of halogens is 4. The number of rotatable bonds is 9. The molecule has 10 heteroatoms. The summed E-state index contributed by atoms with van der Waals surface area (Å²) >= 11 is 0. The van der Waals surface area contributed by atoms with E-state index in [1.54, 1.807) is 20.8 Å². The summed E-state index contributed by atoms with van der Waals surface area (Å²) in [4.78, 5) is 34.8. The molecule has 0 bridgehead atoms. The lowest BCUT2D eigenvalue weighted by atomic mass is 9.89. The first-order valence-electron chi connectivity index (χ1n) is 9.18. The molecule has 0 amide bonds. The van der Waals surface area contributed by atoms with Gasteiger partial charge in [0.15, 0.2) is 0 Å². The third kappa shape index (κ3) is 6.07. The molecule has 0 heterocycles. The van der Waals surface area contributed by atoms with Gasteiger partial charge in [0.25, 0.3) is 0 Å². The highest BCUT2D eigenvalue weighted by atomic mass is 19.3. The lowest BCUT2D eigenvalue weighted by Crippen LogP contribution is -2.51. The average Bonchev–Trinajstić information content (AvgIpc) is 2.64. The van der Waals surface area contributed by atoms with Gasteiger partial charge in [-0.3, -0.25) is 9.59 Å². The first-order valence-corrected chi connectivity index (χ1v) is 9.18. The summed E-state index contributed by atoms with van der Waals surface area (Å²) in [6, 6.07) is 0. The van der Waals surface area contributed by atoms with Crippen LogP contribution in [0.5, 0.6) is 0 Å². The predicted octanol–water partition coefficient (Wildman–Crippen LogP) is 3.86. The summed E-state index contributed by atoms with van der Waals surface area (Å²) in [5, 5.41) is 0. The van der Waals surface area contributed by atoms with Gasteiger partial charge in [-0.2, -0.15) is 17.6 Å². The largest absolute Gasteiger partial charge is 0.478 e. The van der Waals surface area contributed by atoms with Crippen molar-refractivity contribution in [3.05, 3.63) is 0 Å². The minimum absolute atomic E-state index is 0.268. The van der Waals surface area contributed by atoms with Crippen LogP contribution in [0, 0.1) is 11.3 Å². The van der Waals surface area contributed by atoms with Crippen molar-refractivity contribution in [3.63, 3.8) is 0 Å². The van der Waals surface area contributed by atoms with Gasteiger partial charge in [-0.15, -0.1) is 0 Å². The topological polar surface area (TPSA) is 78.9 Å². The second-order valence-corrected chi connectivity index (χ2v) is 7.36. The van der Waals surface area contributed by atoms with Crippen molar-refractivity contribution >= 4 is 17.9 Å². The lowest BCUT2D eigenvalue weighted by molar-refractivity contribution is -0.326. The molecule has 0 atom stereocenters. The van der Waals surface area contributed by atoms with Crippen LogP contribution >= 0.6 is 0 Å². The fourth-order valence-electron chi connectivity index (χ4n) is 2.43. The van der Waals surface area contributed by atoms with Gasteiger partial charge in [-0.1, -0.05) is 26.2 Å². The normalized spacial score (nSPS) is 16.4. The zero-order valence-electron chi connectivity index (χ0n) is 16.2. The first-order chi connectivity index (χ1) is 12.8. The van der Waals surface area contributed by atoms with Crippen LogP contribution in [0.15, 0.2) is 0 Å². The third-order valence-corrected chi connectivity index (χ3v) is 4.78. The van der Waals surface area contributed by atoms with Gasteiger partial charge in [0, 0.05) is 0 Å². The number of carbonyl (C=O) groups is 3. The van der Waals surface area contributed by atoms with Crippen LogP contribution in [-0.2, 0) is 28.6 Å². The molecule has 1 fully saturated rings. The highest BCUT2D eigenvalue weighted by Gasteiger charge is 2.67. The molecule has 0 spiro atoms. The predicted molar refractivity (Wildman–Crippen MR) is 88.6 cm³/mol. The molecule has 1 rings (SSSR count). The number of carbonyl (C=O) groups excluding carboxylic acids is 3. The van der Waals surface area contributed by atoms with Gasteiger partial charge in [-0.05, 0) is 33.1 Å². The molecule has 162 valence electrons. The van der Waals surface area contributed by atoms with Gasteiger partial charge >= 0.3 is 29.9 Å². The molecule has 0 unspecified atom stereocenters. The van der Waals surface area contributed by atoms with E-state index >= 15 is 0 Å². The highest BCUT2D eigenvalue weighted by Crippen LogP contribution is 2.38. The van der Waals surface area contributed by atoms with Gasteiger partial charge in [-0.25, -0.2) is 4.79 Å². The average molecular weight is 414 g/mol. The zero-order valence-corrected chi connectivity index (χ0v) is 16.2. The number of hydrogen-bond donors (Lipinski definition) is 0. The highest BCUT2D eigenvalue weighted by molar-refractivity contribution is 5.80. The Morgan fingerprint density at radius 1 is 0.893 bits per heavy atom. The van der Waals surface area contributed by atoms with Crippen LogP contribution in [0.1, 0.15) is 59.3 Å². The second-order valence-electron chi connectivity index (χ2n) is 7.36. The van der Waals surface area contributed by atoms with Gasteiger partial charge < -0.3 is 14.2 Å². The van der Waals surface area contributed by atoms with Crippen LogP contribution in [0.2, 0.25) is 0 Å². The summed E-state index contributed by atoms with van der Waals surface area (Å²) < 4.78 is 67.4. The SMILES string of the molecule is CCC(C)(C)C(=O)OCCOC(=O)C(F)(F)C(F)(F)OC(=O)C1CCCCC1. The van der Waals surface area contributed by atoms with Crippen molar-refractivity contribution in [2.75, 3.05) is 13.2 Å². The molecule has 0 N–H and O–H groups in total. The van der Waals surface area contributed by atoms with E-state index in [0.29, 0.717) is 19.3 Å². The molecule has 0 aliphatic heterocycles. The second kappa shape index (κ2) is 9.56. The lowest BCUT2D eigenvalue weighted by Gasteiger charge is -2.27. The standard InChI is InChI=1S/C18H26F4O6/c1-4-16(2,3)14(24)26-10-11-27-15(25)17(19,20)18(21,22)28-13(23)12-8-6-5-7-9-12/h12H,4-11H2,1-3H3. The summed E-state index contributed by atoms with van der Waals surface area (Å²) in [6.07, 6.45) is -2.33. The van der Waals surface area contributed by atoms with E-state index in [0.717, 1.165) is 6.42 Å². The molecular formula is C18H26F4O6. The van der Waals surface area contributed by atoms with E-state index in [-0.39, 0.29) is 12.8 Å². The van der Waals surface area contributed by atoms with Crippen LogP contribution in [0.3, 0.4) is 0 Å². The molecule has 0 radical (unpaired) electrons. The zero-order chi connectivity index (χ0) is 21.6. The maximum absolute atomic E-state index is 13.7. The molecule has 0 saturated heterocycles. The van der Waals surface area contributed by atoms with Crippen molar-refractivity contribution in [2.24, 2.45) is 11.3 Å². The Labute approximate surface area is 160 Å². The molecule has 1 saturated carbocycles. The number of hydrogen-bond acceptors (Lipinski definition) is 6. The Morgan fingerprint density at radius 2 is 1.39 bits per heavy atom. The van der Waals surface area contributed by atoms with Crippen LogP contribution in [0.25, 0.3) is 0 Å². The Bertz CT molecular complexity index is 570. The third-order valence-electron chi connectivity index (χ3n) is 4.78. The maximum atomic E-state index is 13.7. The smallest absolute Gasteiger partial charge is 0.462 e. The Morgan fingerprint density at radius 3 is 1.89 bits per heavy atom. The first kappa shape index (κ1) is 24.2. The fourth-order valence-corrected chi connectivity index (χ4v) is 2.43. The number of alkyl halides is 4. The van der Waals surface area contributed by atoms with Crippen LogP contribution in [-0.4, -0.2) is 43.2 Å². The van der Waals surface area contributed by atoms with E-state index < -0.39 is 54.5 Å². The Hall–Kier alpha value is -1.87. The van der Waals surface area contributed by atoms with Crippen molar-refractivity contribution in [3.8, 4) is 0 Å². The van der Waals surface area contributed by atoms with E-state index in [1.807, 2.05) is 0 Å². The molecule has 28 heavy (non-hydrogen) atoms. The number of esters is 3. The van der Waals surface area contributed by atoms with E-state index in [1.165, 1.54) is 0 Å². The molecule has 6 nitrogen and oxygen atoms in total. The van der Waals surface area contributed by atoms with E-state index in [2.05, 4.69) is 9.47 Å².